The first-order valence-corrected chi connectivity index (χ1v) is 8.31. The second-order valence-corrected chi connectivity index (χ2v) is 6.28. The molecular formula is C18H21N5O. The number of hydrogen-bond acceptors (Lipinski definition) is 5. The minimum Gasteiger partial charge on any atom is -0.496 e. The Balaban J connectivity index is 1.52. The molecule has 0 saturated heterocycles. The van der Waals surface area contributed by atoms with Crippen molar-refractivity contribution in [1.29, 1.82) is 0 Å². The molecule has 1 aliphatic rings. The molecule has 124 valence electrons. The lowest BCUT2D eigenvalue weighted by Gasteiger charge is -2.18. The van der Waals surface area contributed by atoms with Gasteiger partial charge in [-0.3, -0.25) is 0 Å². The zero-order valence-corrected chi connectivity index (χ0v) is 14.0. The average Bonchev–Trinajstić information content (AvgIpc) is 3.38. The average molecular weight is 323 g/mol. The summed E-state index contributed by atoms with van der Waals surface area (Å²) in [6.07, 6.45) is 3.28. The fourth-order valence-corrected chi connectivity index (χ4v) is 2.91. The van der Waals surface area contributed by atoms with Crippen LogP contribution in [0, 0.1) is 0 Å². The van der Waals surface area contributed by atoms with Gasteiger partial charge in [-0.15, -0.1) is 15.3 Å². The highest BCUT2D eigenvalue weighted by molar-refractivity contribution is 5.46. The van der Waals surface area contributed by atoms with E-state index in [1.54, 1.807) is 7.11 Å². The second-order valence-electron chi connectivity index (χ2n) is 6.28. The van der Waals surface area contributed by atoms with Crippen LogP contribution in [0.1, 0.15) is 30.1 Å². The second kappa shape index (κ2) is 6.11. The minimum atomic E-state index is 0.529. The van der Waals surface area contributed by atoms with Gasteiger partial charge < -0.3 is 9.64 Å². The third-order valence-electron chi connectivity index (χ3n) is 4.52. The molecule has 1 fully saturated rings. The fraction of sp³-hybridized carbons (Fsp3) is 0.389. The van der Waals surface area contributed by atoms with Gasteiger partial charge in [0.25, 0.3) is 0 Å². The molecule has 24 heavy (non-hydrogen) atoms. The summed E-state index contributed by atoms with van der Waals surface area (Å²) in [5.41, 5.74) is 2.02. The summed E-state index contributed by atoms with van der Waals surface area (Å²) in [5.74, 6) is 3.38. The van der Waals surface area contributed by atoms with E-state index in [9.17, 15) is 0 Å². The number of para-hydroxylation sites is 1. The van der Waals surface area contributed by atoms with Gasteiger partial charge >= 0.3 is 0 Å². The van der Waals surface area contributed by atoms with Gasteiger partial charge in [-0.05, 0) is 43.0 Å². The summed E-state index contributed by atoms with van der Waals surface area (Å²) < 4.78 is 7.32. The molecule has 1 aromatic carbocycles. The largest absolute Gasteiger partial charge is 0.496 e. The Morgan fingerprint density at radius 2 is 2.00 bits per heavy atom. The number of ether oxygens (including phenoxy) is 1. The molecule has 1 saturated carbocycles. The van der Waals surface area contributed by atoms with Gasteiger partial charge in [-0.1, -0.05) is 18.2 Å². The molecule has 1 aliphatic carbocycles. The van der Waals surface area contributed by atoms with Crippen LogP contribution >= 0.6 is 0 Å². The SMILES string of the molecule is COc1ccccc1CCN(C)c1ccc2nnc(C3CC3)n2n1. The summed E-state index contributed by atoms with van der Waals surface area (Å²) in [4.78, 5) is 2.16. The quantitative estimate of drug-likeness (QED) is 0.698. The van der Waals surface area contributed by atoms with E-state index < -0.39 is 0 Å². The van der Waals surface area contributed by atoms with E-state index in [4.69, 9.17) is 9.84 Å². The predicted molar refractivity (Wildman–Crippen MR) is 92.7 cm³/mol. The van der Waals surface area contributed by atoms with Crippen molar-refractivity contribution in [3.63, 3.8) is 0 Å². The molecule has 2 heterocycles. The number of fused-ring (bicyclic) bond motifs is 1. The summed E-state index contributed by atoms with van der Waals surface area (Å²) in [5, 5.41) is 13.2. The third-order valence-corrected chi connectivity index (χ3v) is 4.52. The van der Waals surface area contributed by atoms with Gasteiger partial charge in [0.05, 0.1) is 7.11 Å². The normalized spacial score (nSPS) is 14.1. The van der Waals surface area contributed by atoms with Crippen molar-refractivity contribution in [3.8, 4) is 5.75 Å². The van der Waals surface area contributed by atoms with E-state index in [1.807, 2.05) is 34.8 Å². The molecule has 0 aliphatic heterocycles. The van der Waals surface area contributed by atoms with Crippen LogP contribution in [0.4, 0.5) is 5.82 Å². The fourth-order valence-electron chi connectivity index (χ4n) is 2.91. The Morgan fingerprint density at radius 3 is 2.79 bits per heavy atom. The Labute approximate surface area is 141 Å². The first-order valence-electron chi connectivity index (χ1n) is 8.31. The number of hydrogen-bond donors (Lipinski definition) is 0. The van der Waals surface area contributed by atoms with Crippen LogP contribution in [-0.2, 0) is 6.42 Å². The number of benzene rings is 1. The molecule has 0 amide bonds. The Morgan fingerprint density at radius 1 is 1.17 bits per heavy atom. The molecule has 2 aromatic heterocycles. The van der Waals surface area contributed by atoms with Crippen molar-refractivity contribution in [2.24, 2.45) is 0 Å². The van der Waals surface area contributed by atoms with Gasteiger partial charge in [0.2, 0.25) is 0 Å². The highest BCUT2D eigenvalue weighted by atomic mass is 16.5. The Hall–Kier alpha value is -2.63. The first-order chi connectivity index (χ1) is 11.8. The van der Waals surface area contributed by atoms with E-state index >= 15 is 0 Å². The van der Waals surface area contributed by atoms with Crippen molar-refractivity contribution < 1.29 is 4.74 Å². The van der Waals surface area contributed by atoms with Crippen molar-refractivity contribution >= 4 is 11.5 Å². The highest BCUT2D eigenvalue weighted by Gasteiger charge is 2.29. The van der Waals surface area contributed by atoms with Crippen LogP contribution in [-0.4, -0.2) is 40.5 Å². The number of aromatic nitrogens is 4. The van der Waals surface area contributed by atoms with Gasteiger partial charge in [0.15, 0.2) is 11.5 Å². The summed E-state index contributed by atoms with van der Waals surface area (Å²) in [6.45, 7) is 0.861. The lowest BCUT2D eigenvalue weighted by atomic mass is 10.1. The van der Waals surface area contributed by atoms with E-state index in [0.717, 1.165) is 36.0 Å². The number of rotatable bonds is 6. The minimum absolute atomic E-state index is 0.529. The number of methoxy groups -OCH3 is 1. The highest BCUT2D eigenvalue weighted by Crippen LogP contribution is 2.38. The Kier molecular flexibility index (Phi) is 3.80. The molecular weight excluding hydrogens is 302 g/mol. The molecule has 0 bridgehead atoms. The van der Waals surface area contributed by atoms with Crippen molar-refractivity contribution in [2.45, 2.75) is 25.2 Å². The molecule has 0 N–H and O–H groups in total. The predicted octanol–water partition coefficient (Wildman–Crippen LogP) is 2.69. The molecule has 6 heteroatoms. The summed E-state index contributed by atoms with van der Waals surface area (Å²) in [6, 6.07) is 12.1. The van der Waals surface area contributed by atoms with Gasteiger partial charge in [-0.2, -0.15) is 4.52 Å². The molecule has 4 rings (SSSR count). The number of anilines is 1. The molecule has 6 nitrogen and oxygen atoms in total. The van der Waals surface area contributed by atoms with Crippen LogP contribution in [0.5, 0.6) is 5.75 Å². The maximum atomic E-state index is 5.42. The maximum absolute atomic E-state index is 5.42. The molecule has 0 unspecified atom stereocenters. The van der Waals surface area contributed by atoms with Crippen molar-refractivity contribution in [3.05, 3.63) is 47.8 Å². The zero-order valence-electron chi connectivity index (χ0n) is 14.0. The third kappa shape index (κ3) is 2.79. The van der Waals surface area contributed by atoms with Crippen LogP contribution < -0.4 is 9.64 Å². The Bertz CT molecular complexity index is 855. The topological polar surface area (TPSA) is 55.5 Å². The van der Waals surface area contributed by atoms with Crippen molar-refractivity contribution in [1.82, 2.24) is 19.8 Å². The molecule has 3 aromatic rings. The molecule has 0 radical (unpaired) electrons. The first kappa shape index (κ1) is 14.9. The summed E-state index contributed by atoms with van der Waals surface area (Å²) >= 11 is 0. The van der Waals surface area contributed by atoms with E-state index in [0.29, 0.717) is 5.92 Å². The smallest absolute Gasteiger partial charge is 0.178 e. The lowest BCUT2D eigenvalue weighted by molar-refractivity contribution is 0.409. The van der Waals surface area contributed by atoms with Gasteiger partial charge in [0.1, 0.15) is 11.6 Å². The molecule has 0 atom stereocenters. The summed E-state index contributed by atoms with van der Waals surface area (Å²) in [7, 11) is 3.77. The lowest BCUT2D eigenvalue weighted by Crippen LogP contribution is -2.22. The van der Waals surface area contributed by atoms with E-state index in [1.165, 1.54) is 18.4 Å². The number of nitrogens with zero attached hydrogens (tertiary/aromatic N) is 5. The van der Waals surface area contributed by atoms with Crippen LogP contribution in [0.15, 0.2) is 36.4 Å². The monoisotopic (exact) mass is 323 g/mol. The maximum Gasteiger partial charge on any atom is 0.178 e. The van der Waals surface area contributed by atoms with Crippen molar-refractivity contribution in [2.75, 3.05) is 25.6 Å². The van der Waals surface area contributed by atoms with E-state index in [2.05, 4.69) is 28.2 Å². The van der Waals surface area contributed by atoms with Crippen LogP contribution in [0.2, 0.25) is 0 Å². The van der Waals surface area contributed by atoms with Crippen LogP contribution in [0.25, 0.3) is 5.65 Å². The van der Waals surface area contributed by atoms with E-state index in [-0.39, 0.29) is 0 Å². The van der Waals surface area contributed by atoms with Crippen LogP contribution in [0.3, 0.4) is 0 Å². The standard InChI is InChI=1S/C18H21N5O/c1-22(12-11-13-5-3-4-6-15(13)24-2)17-10-9-16-19-20-18(14-7-8-14)23(16)21-17/h3-6,9-10,14H,7-8,11-12H2,1-2H3. The number of likely N-dealkylation sites (N-methyl/N-ethyl adjacent to an activating group) is 1. The zero-order chi connectivity index (χ0) is 16.5. The molecule has 0 spiro atoms. The van der Waals surface area contributed by atoms with Gasteiger partial charge in [-0.25, -0.2) is 0 Å². The van der Waals surface area contributed by atoms with Gasteiger partial charge in [0, 0.05) is 19.5 Å².